The van der Waals surface area contributed by atoms with E-state index in [1.165, 1.54) is 7.11 Å². The monoisotopic (exact) mass is 641 g/mol. The normalized spacial score (nSPS) is 19.8. The minimum absolute atomic E-state index is 0.0141. The molecule has 216 valence electrons. The largest absolute Gasteiger partial charge is 0.493 e. The molecule has 2 aromatic rings. The molecule has 2 aliphatic carbocycles. The molecule has 0 radical (unpaired) electrons. The van der Waals surface area contributed by atoms with Crippen LogP contribution in [0.5, 0.6) is 11.5 Å². The van der Waals surface area contributed by atoms with Gasteiger partial charge in [0.1, 0.15) is 11.5 Å². The number of carbonyl (C=O) groups is 3. The predicted molar refractivity (Wildman–Crippen MR) is 160 cm³/mol. The number of rotatable bonds is 6. The summed E-state index contributed by atoms with van der Waals surface area (Å²) >= 11 is 9.51. The zero-order chi connectivity index (χ0) is 29.7. The Balaban J connectivity index is 1.50. The molecule has 9 heteroatoms. The van der Waals surface area contributed by atoms with Crippen LogP contribution in [0.3, 0.4) is 0 Å². The van der Waals surface area contributed by atoms with Gasteiger partial charge in [-0.2, -0.15) is 0 Å². The molecule has 0 fully saturated rings. The summed E-state index contributed by atoms with van der Waals surface area (Å²) in [6.07, 6.45) is 1.96. The fourth-order valence-electron chi connectivity index (χ4n) is 5.92. The Kier molecular flexibility index (Phi) is 7.85. The van der Waals surface area contributed by atoms with E-state index in [-0.39, 0.29) is 34.9 Å². The highest BCUT2D eigenvalue weighted by Gasteiger charge is 2.48. The Morgan fingerprint density at radius 3 is 2.07 bits per heavy atom. The van der Waals surface area contributed by atoms with Crippen molar-refractivity contribution in [1.29, 1.82) is 0 Å². The van der Waals surface area contributed by atoms with Crippen LogP contribution in [0.4, 0.5) is 5.69 Å². The molecule has 3 aliphatic rings. The number of nitrogens with one attached hydrogen (secondary N) is 1. The molecule has 41 heavy (non-hydrogen) atoms. The van der Waals surface area contributed by atoms with Crippen molar-refractivity contribution in [1.82, 2.24) is 0 Å². The van der Waals surface area contributed by atoms with Gasteiger partial charge in [-0.1, -0.05) is 39.3 Å². The van der Waals surface area contributed by atoms with Gasteiger partial charge in [0.25, 0.3) is 5.91 Å². The first-order valence-electron chi connectivity index (χ1n) is 13.5. The number of amides is 1. The van der Waals surface area contributed by atoms with E-state index in [0.717, 1.165) is 5.56 Å². The lowest BCUT2D eigenvalue weighted by molar-refractivity contribution is -0.120. The van der Waals surface area contributed by atoms with Crippen molar-refractivity contribution in [3.8, 4) is 11.5 Å². The quantitative estimate of drug-likeness (QED) is 0.350. The van der Waals surface area contributed by atoms with Crippen LogP contribution in [0, 0.1) is 10.8 Å². The van der Waals surface area contributed by atoms with Crippen molar-refractivity contribution in [2.45, 2.75) is 59.3 Å². The van der Waals surface area contributed by atoms with Crippen LogP contribution in [0.1, 0.15) is 64.9 Å². The Morgan fingerprint density at radius 1 is 0.976 bits per heavy atom. The van der Waals surface area contributed by atoms with E-state index in [0.29, 0.717) is 75.0 Å². The van der Waals surface area contributed by atoms with Crippen molar-refractivity contribution in [3.63, 3.8) is 0 Å². The van der Waals surface area contributed by atoms with E-state index in [2.05, 4.69) is 48.9 Å². The summed E-state index contributed by atoms with van der Waals surface area (Å²) in [5, 5.41) is 3.33. The molecule has 2 aromatic carbocycles. The predicted octanol–water partition coefficient (Wildman–Crippen LogP) is 7.53. The molecule has 0 saturated carbocycles. The van der Waals surface area contributed by atoms with Gasteiger partial charge in [0.2, 0.25) is 0 Å². The molecule has 1 N–H and O–H groups in total. The van der Waals surface area contributed by atoms with Crippen LogP contribution >= 0.6 is 27.5 Å². The zero-order valence-electron chi connectivity index (χ0n) is 23.8. The lowest BCUT2D eigenvalue weighted by atomic mass is 9.65. The minimum atomic E-state index is -0.576. The molecule has 0 unspecified atom stereocenters. The zero-order valence-corrected chi connectivity index (χ0v) is 26.1. The van der Waals surface area contributed by atoms with Gasteiger partial charge in [-0.25, -0.2) is 0 Å². The van der Waals surface area contributed by atoms with Crippen molar-refractivity contribution in [3.05, 3.63) is 74.1 Å². The third-order valence-corrected chi connectivity index (χ3v) is 8.48. The summed E-state index contributed by atoms with van der Waals surface area (Å²) in [7, 11) is 1.51. The number of anilines is 1. The van der Waals surface area contributed by atoms with Crippen molar-refractivity contribution >= 4 is 50.7 Å². The first-order chi connectivity index (χ1) is 19.3. The standard InChI is InChI=1S/C32H33BrClNO6/c1-31(2)12-21(36)28-24(14-31)41-25-15-32(3,4)13-22(37)29(25)27(28)17-10-20(33)30(23(11-17)39-5)40-16-26(38)35-19-8-6-18(34)7-9-19/h6-11,27H,12-16H2,1-5H3,(H,35,38). The summed E-state index contributed by atoms with van der Waals surface area (Å²) in [6, 6.07) is 10.4. The molecular formula is C32H33BrClNO6. The summed E-state index contributed by atoms with van der Waals surface area (Å²) in [5.41, 5.74) is 1.92. The Morgan fingerprint density at radius 2 is 1.54 bits per heavy atom. The van der Waals surface area contributed by atoms with E-state index >= 15 is 0 Å². The second-order valence-corrected chi connectivity index (χ2v) is 13.8. The third-order valence-electron chi connectivity index (χ3n) is 7.64. The fourth-order valence-corrected chi connectivity index (χ4v) is 6.62. The van der Waals surface area contributed by atoms with E-state index in [4.69, 9.17) is 25.8 Å². The highest BCUT2D eigenvalue weighted by Crippen LogP contribution is 2.54. The molecule has 5 rings (SSSR count). The molecule has 0 bridgehead atoms. The van der Waals surface area contributed by atoms with Crippen LogP contribution in [0.15, 0.2) is 63.5 Å². The summed E-state index contributed by atoms with van der Waals surface area (Å²) < 4.78 is 18.5. The number of halogens is 2. The van der Waals surface area contributed by atoms with Crippen LogP contribution in [0.2, 0.25) is 5.02 Å². The van der Waals surface area contributed by atoms with Crippen LogP contribution in [-0.2, 0) is 19.1 Å². The molecule has 0 aromatic heterocycles. The van der Waals surface area contributed by atoms with E-state index in [1.54, 1.807) is 30.3 Å². The van der Waals surface area contributed by atoms with E-state index < -0.39 is 5.92 Å². The maximum Gasteiger partial charge on any atom is 0.262 e. The SMILES string of the molecule is COc1cc(C2C3=C(CC(C)(C)CC3=O)OC3=C2C(=O)CC(C)(C)C3)cc(Br)c1OCC(=O)Nc1ccc(Cl)cc1. The lowest BCUT2D eigenvalue weighted by Crippen LogP contribution is -2.37. The van der Waals surface area contributed by atoms with Crippen molar-refractivity contribution in [2.75, 3.05) is 19.0 Å². The molecule has 0 atom stereocenters. The molecule has 1 heterocycles. The van der Waals surface area contributed by atoms with Crippen molar-refractivity contribution in [2.24, 2.45) is 10.8 Å². The average Bonchev–Trinajstić information content (AvgIpc) is 2.86. The number of ketones is 2. The van der Waals surface area contributed by atoms with E-state index in [1.807, 2.05) is 6.07 Å². The number of benzene rings is 2. The Labute approximate surface area is 253 Å². The number of methoxy groups -OCH3 is 1. The highest BCUT2D eigenvalue weighted by molar-refractivity contribution is 9.10. The third kappa shape index (κ3) is 6.09. The number of carbonyl (C=O) groups excluding carboxylic acids is 3. The maximum absolute atomic E-state index is 13.6. The van der Waals surface area contributed by atoms with Gasteiger partial charge in [-0.05, 0) is 68.7 Å². The number of ether oxygens (including phenoxy) is 3. The number of Topliss-reactive ketones (excluding diaryl/α,β-unsaturated/α-hetero) is 2. The van der Waals surface area contributed by atoms with Crippen LogP contribution in [-0.4, -0.2) is 31.2 Å². The number of hydrogen-bond donors (Lipinski definition) is 1. The average molecular weight is 643 g/mol. The maximum atomic E-state index is 13.6. The number of allylic oxidation sites excluding steroid dienone is 4. The molecule has 0 spiro atoms. The van der Waals surface area contributed by atoms with E-state index in [9.17, 15) is 14.4 Å². The van der Waals surface area contributed by atoms with Gasteiger partial charge >= 0.3 is 0 Å². The minimum Gasteiger partial charge on any atom is -0.493 e. The summed E-state index contributed by atoms with van der Waals surface area (Å²) in [6.45, 7) is 7.97. The van der Waals surface area contributed by atoms with Gasteiger partial charge in [0, 0.05) is 53.5 Å². The van der Waals surface area contributed by atoms with Gasteiger partial charge in [-0.3, -0.25) is 14.4 Å². The highest BCUT2D eigenvalue weighted by atomic mass is 79.9. The second-order valence-electron chi connectivity index (χ2n) is 12.5. The first kappa shape index (κ1) is 29.4. The fraction of sp³-hybridized carbons (Fsp3) is 0.406. The van der Waals surface area contributed by atoms with Crippen LogP contribution in [0.25, 0.3) is 0 Å². The molecular weight excluding hydrogens is 610 g/mol. The molecule has 0 saturated heterocycles. The number of hydrogen-bond acceptors (Lipinski definition) is 6. The Hall–Kier alpha value is -3.10. The lowest BCUT2D eigenvalue weighted by Gasteiger charge is -2.42. The molecule has 1 aliphatic heterocycles. The molecule has 7 nitrogen and oxygen atoms in total. The van der Waals surface area contributed by atoms with Crippen LogP contribution < -0.4 is 14.8 Å². The van der Waals surface area contributed by atoms with Gasteiger partial charge in [-0.15, -0.1) is 0 Å². The topological polar surface area (TPSA) is 90.9 Å². The summed E-state index contributed by atoms with van der Waals surface area (Å²) in [5.74, 6) is 1.05. The summed E-state index contributed by atoms with van der Waals surface area (Å²) in [4.78, 5) is 39.8. The van der Waals surface area contributed by atoms with Crippen molar-refractivity contribution < 1.29 is 28.6 Å². The van der Waals surface area contributed by atoms with Gasteiger partial charge < -0.3 is 19.5 Å². The first-order valence-corrected chi connectivity index (χ1v) is 14.7. The molecule has 1 amide bonds. The smallest absolute Gasteiger partial charge is 0.262 e. The van der Waals surface area contributed by atoms with Gasteiger partial charge in [0.05, 0.1) is 11.6 Å². The van der Waals surface area contributed by atoms with Gasteiger partial charge in [0.15, 0.2) is 29.7 Å². The Bertz CT molecular complexity index is 1450. The second kappa shape index (κ2) is 11.0.